The Morgan fingerprint density at radius 2 is 2.31 bits per heavy atom. The van der Waals surface area contributed by atoms with Crippen molar-refractivity contribution in [3.63, 3.8) is 0 Å². The number of halogens is 1. The van der Waals surface area contributed by atoms with Gasteiger partial charge < -0.3 is 10.5 Å². The van der Waals surface area contributed by atoms with Crippen LogP contribution in [0.4, 0.5) is 0 Å². The van der Waals surface area contributed by atoms with E-state index in [9.17, 15) is 0 Å². The Hall–Kier alpha value is -1.56. The van der Waals surface area contributed by atoms with E-state index in [2.05, 4.69) is 11.8 Å². The van der Waals surface area contributed by atoms with Crippen molar-refractivity contribution in [3.8, 4) is 11.8 Å². The fraction of sp³-hybridized carbons (Fsp3) is 0.154. The molecular weight excluding hydrogens is 222 g/mol. The van der Waals surface area contributed by atoms with Gasteiger partial charge in [-0.05, 0) is 19.1 Å². The van der Waals surface area contributed by atoms with Crippen LogP contribution in [0.25, 0.3) is 0 Å². The zero-order chi connectivity index (χ0) is 12.0. The second-order valence-corrected chi connectivity index (χ2v) is 3.47. The lowest BCUT2D eigenvalue weighted by molar-refractivity contribution is 0.281. The number of hydrogen-bond donors (Lipinski definition) is 2. The van der Waals surface area contributed by atoms with E-state index in [1.165, 1.54) is 6.21 Å². The van der Waals surface area contributed by atoms with Crippen molar-refractivity contribution in [2.75, 3.05) is 0 Å². The Balaban J connectivity index is 3.15. The van der Waals surface area contributed by atoms with Gasteiger partial charge in [0, 0.05) is 27.9 Å². The molecule has 1 rings (SSSR count). The summed E-state index contributed by atoms with van der Waals surface area (Å²) in [6.07, 6.45) is 2.94. The lowest BCUT2D eigenvalue weighted by Gasteiger charge is -2.02. The third-order valence-corrected chi connectivity index (χ3v) is 2.44. The molecule has 0 aromatic heterocycles. The zero-order valence-electron chi connectivity index (χ0n) is 8.92. The second-order valence-electron chi connectivity index (χ2n) is 3.06. The topological polar surface area (TPSA) is 44.1 Å². The number of benzene rings is 1. The van der Waals surface area contributed by atoms with Gasteiger partial charge in [-0.3, -0.25) is 0 Å². The molecule has 0 heterocycles. The third kappa shape index (κ3) is 2.96. The van der Waals surface area contributed by atoms with Gasteiger partial charge in [-0.15, -0.1) is 0 Å². The first kappa shape index (κ1) is 12.5. The third-order valence-electron chi connectivity index (χ3n) is 2.08. The Labute approximate surface area is 100 Å². The molecule has 0 unspecified atom stereocenters. The van der Waals surface area contributed by atoms with Crippen molar-refractivity contribution < 1.29 is 5.11 Å². The SMILES string of the molecule is C/C=C(/C#Cc1cccc(Cl)c1CO)C=N. The lowest BCUT2D eigenvalue weighted by atomic mass is 10.1. The summed E-state index contributed by atoms with van der Waals surface area (Å²) >= 11 is 5.93. The molecule has 82 valence electrons. The summed E-state index contributed by atoms with van der Waals surface area (Å²) in [5, 5.41) is 16.8. The van der Waals surface area contributed by atoms with Gasteiger partial charge in [0.15, 0.2) is 0 Å². The van der Waals surface area contributed by atoms with Crippen LogP contribution < -0.4 is 0 Å². The minimum atomic E-state index is -0.139. The maximum Gasteiger partial charge on any atom is 0.0708 e. The van der Waals surface area contributed by atoms with Crippen LogP contribution in [0.2, 0.25) is 5.02 Å². The first-order valence-electron chi connectivity index (χ1n) is 4.80. The number of hydrogen-bond acceptors (Lipinski definition) is 2. The Bertz CT molecular complexity index is 480. The van der Waals surface area contributed by atoms with Gasteiger partial charge in [-0.25, -0.2) is 0 Å². The minimum Gasteiger partial charge on any atom is -0.392 e. The highest BCUT2D eigenvalue weighted by Crippen LogP contribution is 2.19. The van der Waals surface area contributed by atoms with E-state index in [0.29, 0.717) is 21.7 Å². The molecule has 0 saturated heterocycles. The summed E-state index contributed by atoms with van der Waals surface area (Å²) in [7, 11) is 0. The number of aliphatic hydroxyl groups is 1. The van der Waals surface area contributed by atoms with Crippen molar-refractivity contribution in [2.24, 2.45) is 0 Å². The molecule has 0 amide bonds. The number of aliphatic hydroxyl groups excluding tert-OH is 1. The molecule has 0 aliphatic carbocycles. The van der Waals surface area contributed by atoms with E-state index in [1.807, 2.05) is 6.92 Å². The van der Waals surface area contributed by atoms with Crippen LogP contribution in [0, 0.1) is 17.3 Å². The fourth-order valence-corrected chi connectivity index (χ4v) is 1.40. The van der Waals surface area contributed by atoms with Crippen LogP contribution >= 0.6 is 11.6 Å². The van der Waals surface area contributed by atoms with Crippen molar-refractivity contribution >= 4 is 17.8 Å². The zero-order valence-corrected chi connectivity index (χ0v) is 9.67. The highest BCUT2D eigenvalue weighted by atomic mass is 35.5. The largest absolute Gasteiger partial charge is 0.392 e. The molecule has 0 aliphatic heterocycles. The summed E-state index contributed by atoms with van der Waals surface area (Å²) in [4.78, 5) is 0. The molecule has 2 nitrogen and oxygen atoms in total. The molecule has 0 spiro atoms. The van der Waals surface area contributed by atoms with E-state index < -0.39 is 0 Å². The standard InChI is InChI=1S/C13H12ClNO/c1-2-10(8-15)6-7-11-4-3-5-13(14)12(11)9-16/h2-5,8,15-16H,9H2,1H3/b10-2-,15-8?. The maximum atomic E-state index is 9.17. The minimum absolute atomic E-state index is 0.139. The molecule has 3 heteroatoms. The van der Waals surface area contributed by atoms with Gasteiger partial charge in [0.1, 0.15) is 0 Å². The summed E-state index contributed by atoms with van der Waals surface area (Å²) in [6, 6.07) is 5.29. The average Bonchev–Trinajstić information content (AvgIpc) is 2.30. The number of nitrogens with one attached hydrogen (secondary N) is 1. The smallest absolute Gasteiger partial charge is 0.0708 e. The molecule has 2 N–H and O–H groups in total. The molecule has 0 atom stereocenters. The molecule has 0 saturated carbocycles. The summed E-state index contributed by atoms with van der Waals surface area (Å²) in [5.41, 5.74) is 1.94. The quantitative estimate of drug-likeness (QED) is 0.599. The summed E-state index contributed by atoms with van der Waals surface area (Å²) in [6.45, 7) is 1.68. The van der Waals surface area contributed by atoms with E-state index in [-0.39, 0.29) is 6.61 Å². The fourth-order valence-electron chi connectivity index (χ4n) is 1.17. The van der Waals surface area contributed by atoms with Gasteiger partial charge in [-0.1, -0.05) is 35.6 Å². The van der Waals surface area contributed by atoms with E-state index in [1.54, 1.807) is 24.3 Å². The second kappa shape index (κ2) is 6.12. The van der Waals surface area contributed by atoms with Gasteiger partial charge in [-0.2, -0.15) is 0 Å². The van der Waals surface area contributed by atoms with Crippen molar-refractivity contribution in [3.05, 3.63) is 46.0 Å². The van der Waals surface area contributed by atoms with Crippen LogP contribution in [-0.4, -0.2) is 11.3 Å². The van der Waals surface area contributed by atoms with Gasteiger partial charge >= 0.3 is 0 Å². The Morgan fingerprint density at radius 1 is 1.56 bits per heavy atom. The van der Waals surface area contributed by atoms with Crippen molar-refractivity contribution in [2.45, 2.75) is 13.5 Å². The highest BCUT2D eigenvalue weighted by molar-refractivity contribution is 6.31. The Morgan fingerprint density at radius 3 is 2.88 bits per heavy atom. The van der Waals surface area contributed by atoms with Crippen LogP contribution in [-0.2, 0) is 6.61 Å². The summed E-state index contributed by atoms with van der Waals surface area (Å²) < 4.78 is 0. The number of rotatable bonds is 2. The normalized spacial score (nSPS) is 10.6. The van der Waals surface area contributed by atoms with Crippen LogP contribution in [0.15, 0.2) is 29.8 Å². The van der Waals surface area contributed by atoms with Gasteiger partial charge in [0.05, 0.1) is 6.61 Å². The monoisotopic (exact) mass is 233 g/mol. The first-order chi connectivity index (χ1) is 7.72. The van der Waals surface area contributed by atoms with E-state index in [4.69, 9.17) is 22.1 Å². The predicted octanol–water partition coefficient (Wildman–Crippen LogP) is 2.78. The van der Waals surface area contributed by atoms with Gasteiger partial charge in [0.25, 0.3) is 0 Å². The molecular formula is C13H12ClNO. The van der Waals surface area contributed by atoms with Crippen LogP contribution in [0.1, 0.15) is 18.1 Å². The molecule has 1 aromatic rings. The molecule has 0 aliphatic rings. The van der Waals surface area contributed by atoms with Crippen molar-refractivity contribution in [1.29, 1.82) is 5.41 Å². The first-order valence-corrected chi connectivity index (χ1v) is 5.17. The number of allylic oxidation sites excluding steroid dienone is 2. The average molecular weight is 234 g/mol. The van der Waals surface area contributed by atoms with Crippen LogP contribution in [0.5, 0.6) is 0 Å². The van der Waals surface area contributed by atoms with Gasteiger partial charge in [0.2, 0.25) is 0 Å². The van der Waals surface area contributed by atoms with Crippen LogP contribution in [0.3, 0.4) is 0 Å². The molecule has 0 fully saturated rings. The molecule has 16 heavy (non-hydrogen) atoms. The molecule has 1 aromatic carbocycles. The molecule has 0 bridgehead atoms. The Kier molecular flexibility index (Phi) is 4.78. The van der Waals surface area contributed by atoms with E-state index >= 15 is 0 Å². The van der Waals surface area contributed by atoms with E-state index in [0.717, 1.165) is 0 Å². The molecule has 0 radical (unpaired) electrons. The highest BCUT2D eigenvalue weighted by Gasteiger charge is 2.02. The lowest BCUT2D eigenvalue weighted by Crippen LogP contribution is -1.90. The maximum absolute atomic E-state index is 9.17. The van der Waals surface area contributed by atoms with Crippen molar-refractivity contribution in [1.82, 2.24) is 0 Å². The summed E-state index contributed by atoms with van der Waals surface area (Å²) in [5.74, 6) is 5.73. The predicted molar refractivity (Wildman–Crippen MR) is 66.8 cm³/mol.